The third kappa shape index (κ3) is 4.23. The zero-order valence-corrected chi connectivity index (χ0v) is 18.3. The molecule has 0 saturated heterocycles. The Labute approximate surface area is 179 Å². The molecule has 4 rings (SSSR count). The van der Waals surface area contributed by atoms with E-state index in [0.29, 0.717) is 35.5 Å². The molecule has 10 nitrogen and oxygen atoms in total. The molecule has 1 saturated carbocycles. The minimum atomic E-state index is -0.541. The van der Waals surface area contributed by atoms with Gasteiger partial charge in [0.25, 0.3) is 0 Å². The lowest BCUT2D eigenvalue weighted by Gasteiger charge is -2.40. The predicted molar refractivity (Wildman–Crippen MR) is 112 cm³/mol. The van der Waals surface area contributed by atoms with Gasteiger partial charge in [0.1, 0.15) is 17.2 Å². The summed E-state index contributed by atoms with van der Waals surface area (Å²) in [6.45, 7) is 5.52. The van der Waals surface area contributed by atoms with Gasteiger partial charge in [-0.15, -0.1) is 0 Å². The number of hydrogen-bond donors (Lipinski definition) is 0. The van der Waals surface area contributed by atoms with E-state index in [1.807, 2.05) is 34.0 Å². The molecule has 0 aliphatic heterocycles. The second-order valence-corrected chi connectivity index (χ2v) is 8.80. The molecule has 0 N–H and O–H groups in total. The van der Waals surface area contributed by atoms with E-state index < -0.39 is 5.60 Å². The molecule has 1 amide bonds. The molecular formula is C21H26N6O4. The highest BCUT2D eigenvalue weighted by atomic mass is 16.6. The maximum Gasteiger partial charge on any atom is 0.410 e. The van der Waals surface area contributed by atoms with Crippen molar-refractivity contribution < 1.29 is 19.1 Å². The van der Waals surface area contributed by atoms with E-state index in [9.17, 15) is 9.59 Å². The highest BCUT2D eigenvalue weighted by molar-refractivity contribution is 5.88. The molecule has 0 aromatic carbocycles. The van der Waals surface area contributed by atoms with Crippen LogP contribution in [0.25, 0.3) is 16.8 Å². The molecule has 0 spiro atoms. The van der Waals surface area contributed by atoms with E-state index in [2.05, 4.69) is 15.2 Å². The number of aromatic nitrogens is 5. The van der Waals surface area contributed by atoms with Crippen LogP contribution in [0.4, 0.5) is 4.79 Å². The van der Waals surface area contributed by atoms with E-state index in [4.69, 9.17) is 9.47 Å². The highest BCUT2D eigenvalue weighted by Crippen LogP contribution is 2.33. The summed E-state index contributed by atoms with van der Waals surface area (Å²) in [5.41, 5.74) is 1.83. The first-order valence-corrected chi connectivity index (χ1v) is 10.1. The minimum Gasteiger partial charge on any atom is -0.473 e. The SMILES string of the molecule is Cn1cc(-c2cn3ncc(C=O)c3c(O[C@H]3C[C@H](N(C)C(=O)OC(C)(C)C)C3)n2)cn1. The number of carbonyl (C=O) groups excluding carboxylic acids is 2. The minimum absolute atomic E-state index is 0.0211. The Kier molecular flexibility index (Phi) is 5.16. The predicted octanol–water partition coefficient (Wildman–Crippen LogP) is 2.72. The smallest absolute Gasteiger partial charge is 0.410 e. The number of aryl methyl sites for hydroxylation is 1. The molecule has 1 aliphatic carbocycles. The largest absolute Gasteiger partial charge is 0.473 e. The van der Waals surface area contributed by atoms with Crippen LogP contribution in [0.3, 0.4) is 0 Å². The van der Waals surface area contributed by atoms with E-state index in [1.165, 1.54) is 6.20 Å². The number of aldehydes is 1. The summed E-state index contributed by atoms with van der Waals surface area (Å²) in [5, 5.41) is 8.45. The topological polar surface area (TPSA) is 104 Å². The van der Waals surface area contributed by atoms with Gasteiger partial charge in [-0.25, -0.2) is 14.3 Å². The number of carbonyl (C=O) groups is 2. The molecule has 0 unspecified atom stereocenters. The maximum atomic E-state index is 12.3. The Hall–Kier alpha value is -3.43. The molecule has 0 bridgehead atoms. The van der Waals surface area contributed by atoms with E-state index in [1.54, 1.807) is 33.5 Å². The summed E-state index contributed by atoms with van der Waals surface area (Å²) in [4.78, 5) is 30.0. The second kappa shape index (κ2) is 7.68. The van der Waals surface area contributed by atoms with E-state index >= 15 is 0 Å². The Morgan fingerprint density at radius 3 is 2.58 bits per heavy atom. The van der Waals surface area contributed by atoms with Crippen LogP contribution in [0.15, 0.2) is 24.8 Å². The van der Waals surface area contributed by atoms with Crippen molar-refractivity contribution in [2.24, 2.45) is 7.05 Å². The number of rotatable bonds is 5. The zero-order valence-electron chi connectivity index (χ0n) is 18.3. The van der Waals surface area contributed by atoms with E-state index in [0.717, 1.165) is 11.8 Å². The molecule has 3 aromatic heterocycles. The quantitative estimate of drug-likeness (QED) is 0.578. The summed E-state index contributed by atoms with van der Waals surface area (Å²) >= 11 is 0. The fourth-order valence-corrected chi connectivity index (χ4v) is 3.45. The third-order valence-corrected chi connectivity index (χ3v) is 5.20. The van der Waals surface area contributed by atoms with Crippen LogP contribution in [0.1, 0.15) is 44.0 Å². The van der Waals surface area contributed by atoms with Crippen LogP contribution in [-0.2, 0) is 11.8 Å². The van der Waals surface area contributed by atoms with Crippen molar-refractivity contribution in [3.63, 3.8) is 0 Å². The lowest BCUT2D eigenvalue weighted by molar-refractivity contribution is -0.00938. The van der Waals surface area contributed by atoms with Crippen molar-refractivity contribution in [2.75, 3.05) is 7.05 Å². The first-order chi connectivity index (χ1) is 14.6. The molecule has 10 heteroatoms. The van der Waals surface area contributed by atoms with Gasteiger partial charge in [-0.05, 0) is 20.8 Å². The first-order valence-electron chi connectivity index (χ1n) is 10.1. The number of nitrogens with zero attached hydrogens (tertiary/aromatic N) is 6. The molecule has 3 heterocycles. The van der Waals surface area contributed by atoms with Gasteiger partial charge in [0.15, 0.2) is 6.29 Å². The van der Waals surface area contributed by atoms with Crippen molar-refractivity contribution in [2.45, 2.75) is 51.4 Å². The molecule has 3 aromatic rings. The molecule has 164 valence electrons. The highest BCUT2D eigenvalue weighted by Gasteiger charge is 2.38. The summed E-state index contributed by atoms with van der Waals surface area (Å²) < 4.78 is 14.9. The first kappa shape index (κ1) is 20.8. The fourth-order valence-electron chi connectivity index (χ4n) is 3.45. The Morgan fingerprint density at radius 1 is 1.23 bits per heavy atom. The van der Waals surface area contributed by atoms with Crippen molar-refractivity contribution in [3.05, 3.63) is 30.4 Å². The van der Waals surface area contributed by atoms with Crippen LogP contribution >= 0.6 is 0 Å². The van der Waals surface area contributed by atoms with Gasteiger partial charge in [-0.2, -0.15) is 10.2 Å². The summed E-state index contributed by atoms with van der Waals surface area (Å²) in [6, 6.07) is 0.0211. The van der Waals surface area contributed by atoms with Crippen molar-refractivity contribution >= 4 is 17.9 Å². The van der Waals surface area contributed by atoms with Gasteiger partial charge in [0, 0.05) is 44.7 Å². The fraction of sp³-hybridized carbons (Fsp3) is 0.476. The zero-order chi connectivity index (χ0) is 22.3. The van der Waals surface area contributed by atoms with Crippen molar-refractivity contribution in [1.82, 2.24) is 29.3 Å². The van der Waals surface area contributed by atoms with Crippen LogP contribution in [0.2, 0.25) is 0 Å². The maximum absolute atomic E-state index is 12.3. The second-order valence-electron chi connectivity index (χ2n) is 8.80. The summed E-state index contributed by atoms with van der Waals surface area (Å²) in [5.74, 6) is 0.337. The van der Waals surface area contributed by atoms with Crippen LogP contribution in [-0.4, -0.2) is 66.5 Å². The number of ether oxygens (including phenoxy) is 2. The van der Waals surface area contributed by atoms with Gasteiger partial charge >= 0.3 is 6.09 Å². The number of hydrogen-bond acceptors (Lipinski definition) is 7. The molecule has 1 fully saturated rings. The van der Waals surface area contributed by atoms with Crippen LogP contribution in [0, 0.1) is 0 Å². The standard InChI is InChI=1S/C21H26N6O4/c1-21(2,3)31-20(29)26(5)15-6-16(7-15)30-19-18-14(12-28)9-23-27(18)11-17(24-19)13-8-22-25(4)10-13/h8-12,15-16H,6-7H2,1-5H3/t15-,16-. The van der Waals surface area contributed by atoms with Gasteiger partial charge in [-0.3, -0.25) is 9.48 Å². The van der Waals surface area contributed by atoms with Crippen molar-refractivity contribution in [1.29, 1.82) is 0 Å². The van der Waals surface area contributed by atoms with Crippen LogP contribution < -0.4 is 4.74 Å². The average molecular weight is 426 g/mol. The van der Waals surface area contributed by atoms with E-state index in [-0.39, 0.29) is 18.2 Å². The lowest BCUT2D eigenvalue weighted by atomic mass is 9.88. The van der Waals surface area contributed by atoms with Gasteiger partial charge < -0.3 is 14.4 Å². The van der Waals surface area contributed by atoms with Crippen molar-refractivity contribution in [3.8, 4) is 17.1 Å². The Bertz CT molecular complexity index is 1120. The Morgan fingerprint density at radius 2 is 1.97 bits per heavy atom. The van der Waals surface area contributed by atoms with Gasteiger partial charge in [0.05, 0.1) is 29.8 Å². The number of amides is 1. The number of fused-ring (bicyclic) bond motifs is 1. The normalized spacial score (nSPS) is 18.5. The Balaban J connectivity index is 1.53. The average Bonchev–Trinajstić information content (AvgIpc) is 3.28. The molecule has 0 radical (unpaired) electrons. The molecular weight excluding hydrogens is 400 g/mol. The lowest BCUT2D eigenvalue weighted by Crippen LogP contribution is -2.51. The molecule has 31 heavy (non-hydrogen) atoms. The third-order valence-electron chi connectivity index (χ3n) is 5.20. The summed E-state index contributed by atoms with van der Waals surface area (Å²) in [6.07, 6.45) is 8.32. The van der Waals surface area contributed by atoms with Gasteiger partial charge in [-0.1, -0.05) is 0 Å². The van der Waals surface area contributed by atoms with Crippen LogP contribution in [0.5, 0.6) is 5.88 Å². The monoisotopic (exact) mass is 426 g/mol. The van der Waals surface area contributed by atoms with Gasteiger partial charge in [0.2, 0.25) is 5.88 Å². The summed E-state index contributed by atoms with van der Waals surface area (Å²) in [7, 11) is 3.56. The molecule has 0 atom stereocenters. The molecule has 1 aliphatic rings.